The summed E-state index contributed by atoms with van der Waals surface area (Å²) < 4.78 is 5.75. The Morgan fingerprint density at radius 3 is 2.53 bits per heavy atom. The van der Waals surface area contributed by atoms with Gasteiger partial charge in [-0.1, -0.05) is 48.6 Å². The highest BCUT2D eigenvalue weighted by Gasteiger charge is 2.31. The van der Waals surface area contributed by atoms with Crippen LogP contribution in [-0.4, -0.2) is 34.7 Å². The number of amides is 2. The van der Waals surface area contributed by atoms with E-state index in [-0.39, 0.29) is 11.8 Å². The summed E-state index contributed by atoms with van der Waals surface area (Å²) in [5, 5.41) is 2.95. The summed E-state index contributed by atoms with van der Waals surface area (Å²) in [4.78, 5) is 27.2. The average molecular weight is 469 g/mol. The largest absolute Gasteiger partial charge is 0.497 e. The van der Waals surface area contributed by atoms with Gasteiger partial charge in [-0.05, 0) is 73.7 Å². The van der Waals surface area contributed by atoms with Gasteiger partial charge in [0.25, 0.3) is 5.91 Å². The van der Waals surface area contributed by atoms with Crippen molar-refractivity contribution in [2.75, 3.05) is 19.0 Å². The SMILES string of the molecule is COc1ccc(C=C2SC(=S)N(CCCCCC(=O)Nc3ccc(C)c(C)c3)C2=O)cc1. The Labute approximate surface area is 199 Å². The molecule has 0 aliphatic carbocycles. The van der Waals surface area contributed by atoms with Gasteiger partial charge in [-0.2, -0.15) is 0 Å². The molecule has 1 aliphatic heterocycles. The van der Waals surface area contributed by atoms with Crippen molar-refractivity contribution in [1.82, 2.24) is 4.90 Å². The fraction of sp³-hybridized carbons (Fsp3) is 0.320. The third kappa shape index (κ3) is 6.43. The number of anilines is 1. The van der Waals surface area contributed by atoms with E-state index in [1.165, 1.54) is 17.3 Å². The van der Waals surface area contributed by atoms with Crippen molar-refractivity contribution < 1.29 is 14.3 Å². The van der Waals surface area contributed by atoms with Crippen LogP contribution in [0.1, 0.15) is 42.4 Å². The molecule has 32 heavy (non-hydrogen) atoms. The van der Waals surface area contributed by atoms with E-state index in [0.717, 1.165) is 41.8 Å². The maximum Gasteiger partial charge on any atom is 0.266 e. The number of rotatable bonds is 9. The van der Waals surface area contributed by atoms with E-state index < -0.39 is 0 Å². The number of methoxy groups -OCH3 is 1. The van der Waals surface area contributed by atoms with Crippen molar-refractivity contribution >= 4 is 51.9 Å². The van der Waals surface area contributed by atoms with E-state index >= 15 is 0 Å². The van der Waals surface area contributed by atoms with Crippen LogP contribution in [-0.2, 0) is 9.59 Å². The number of carbonyl (C=O) groups is 2. The number of carbonyl (C=O) groups excluding carboxylic acids is 2. The monoisotopic (exact) mass is 468 g/mol. The molecule has 0 bridgehead atoms. The quantitative estimate of drug-likeness (QED) is 0.290. The highest BCUT2D eigenvalue weighted by Crippen LogP contribution is 2.33. The van der Waals surface area contributed by atoms with E-state index in [9.17, 15) is 9.59 Å². The van der Waals surface area contributed by atoms with E-state index in [0.29, 0.717) is 22.2 Å². The van der Waals surface area contributed by atoms with Gasteiger partial charge < -0.3 is 10.1 Å². The van der Waals surface area contributed by atoms with Crippen molar-refractivity contribution in [1.29, 1.82) is 0 Å². The van der Waals surface area contributed by atoms with Gasteiger partial charge in [0, 0.05) is 18.7 Å². The number of benzene rings is 2. The van der Waals surface area contributed by atoms with E-state index in [1.807, 2.05) is 62.4 Å². The molecule has 5 nitrogen and oxygen atoms in total. The van der Waals surface area contributed by atoms with Gasteiger partial charge >= 0.3 is 0 Å². The zero-order chi connectivity index (χ0) is 23.1. The number of ether oxygens (including phenoxy) is 1. The predicted octanol–water partition coefficient (Wildman–Crippen LogP) is 5.71. The maximum absolute atomic E-state index is 12.7. The van der Waals surface area contributed by atoms with Crippen LogP contribution in [0.4, 0.5) is 5.69 Å². The van der Waals surface area contributed by atoms with Gasteiger partial charge in [0.15, 0.2) is 0 Å². The van der Waals surface area contributed by atoms with Crippen LogP contribution in [0, 0.1) is 13.8 Å². The average Bonchev–Trinajstić information content (AvgIpc) is 3.03. The molecule has 1 fully saturated rings. The maximum atomic E-state index is 12.7. The van der Waals surface area contributed by atoms with Crippen LogP contribution in [0.15, 0.2) is 47.4 Å². The fourth-order valence-electron chi connectivity index (χ4n) is 3.32. The molecule has 1 saturated heterocycles. The Kier molecular flexibility index (Phi) is 8.47. The smallest absolute Gasteiger partial charge is 0.266 e. The number of nitrogens with one attached hydrogen (secondary N) is 1. The first-order valence-electron chi connectivity index (χ1n) is 10.6. The van der Waals surface area contributed by atoms with Gasteiger partial charge in [0.1, 0.15) is 10.1 Å². The topological polar surface area (TPSA) is 58.6 Å². The second kappa shape index (κ2) is 11.3. The summed E-state index contributed by atoms with van der Waals surface area (Å²) in [7, 11) is 1.62. The van der Waals surface area contributed by atoms with Crippen molar-refractivity contribution in [3.8, 4) is 5.75 Å². The lowest BCUT2D eigenvalue weighted by Gasteiger charge is -2.14. The molecule has 1 aliphatic rings. The minimum Gasteiger partial charge on any atom is -0.497 e. The number of aryl methyl sites for hydroxylation is 2. The summed E-state index contributed by atoms with van der Waals surface area (Å²) in [6.45, 7) is 4.66. The second-order valence-corrected chi connectivity index (χ2v) is 9.44. The Bertz CT molecular complexity index is 1030. The lowest BCUT2D eigenvalue weighted by molar-refractivity contribution is -0.122. The first-order valence-corrected chi connectivity index (χ1v) is 11.9. The first kappa shape index (κ1) is 24.0. The Hall–Kier alpha value is -2.64. The highest BCUT2D eigenvalue weighted by molar-refractivity contribution is 8.26. The second-order valence-electron chi connectivity index (χ2n) is 7.76. The third-order valence-corrected chi connectivity index (χ3v) is 6.74. The van der Waals surface area contributed by atoms with Crippen molar-refractivity contribution in [2.45, 2.75) is 39.5 Å². The Morgan fingerprint density at radius 2 is 1.84 bits per heavy atom. The van der Waals surface area contributed by atoms with Crippen molar-refractivity contribution in [3.05, 3.63) is 64.1 Å². The minimum atomic E-state index is -0.0525. The number of unbranched alkanes of at least 4 members (excludes halogenated alkanes) is 2. The summed E-state index contributed by atoms with van der Waals surface area (Å²) in [5.74, 6) is 0.738. The lowest BCUT2D eigenvalue weighted by atomic mass is 10.1. The predicted molar refractivity (Wildman–Crippen MR) is 136 cm³/mol. The standard InChI is InChI=1S/C25H28N2O3S2/c1-17-8-11-20(15-18(17)2)26-23(28)7-5-4-6-14-27-24(29)22(32-25(27)31)16-19-9-12-21(30-3)13-10-19/h8-13,15-16H,4-7,14H2,1-3H3,(H,26,28). The summed E-state index contributed by atoms with van der Waals surface area (Å²) >= 11 is 6.74. The molecule has 2 aromatic rings. The first-order chi connectivity index (χ1) is 15.4. The fourth-order valence-corrected chi connectivity index (χ4v) is 4.63. The van der Waals surface area contributed by atoms with Gasteiger partial charge in [-0.15, -0.1) is 0 Å². The summed E-state index contributed by atoms with van der Waals surface area (Å²) in [5.41, 5.74) is 4.13. The molecule has 2 amide bonds. The molecule has 1 N–H and O–H groups in total. The van der Waals surface area contributed by atoms with Crippen LogP contribution < -0.4 is 10.1 Å². The van der Waals surface area contributed by atoms with Gasteiger partial charge in [-0.25, -0.2) is 0 Å². The molecule has 7 heteroatoms. The van der Waals surface area contributed by atoms with Crippen LogP contribution in [0.3, 0.4) is 0 Å². The zero-order valence-corrected chi connectivity index (χ0v) is 20.3. The molecule has 0 saturated carbocycles. The Balaban J connectivity index is 1.42. The molecule has 2 aromatic carbocycles. The van der Waals surface area contributed by atoms with Gasteiger partial charge in [0.2, 0.25) is 5.91 Å². The number of hydrogen-bond donors (Lipinski definition) is 1. The zero-order valence-electron chi connectivity index (χ0n) is 18.6. The van der Waals surface area contributed by atoms with Crippen LogP contribution in [0.2, 0.25) is 0 Å². The van der Waals surface area contributed by atoms with Crippen LogP contribution >= 0.6 is 24.0 Å². The van der Waals surface area contributed by atoms with E-state index in [1.54, 1.807) is 12.0 Å². The molecule has 0 atom stereocenters. The summed E-state index contributed by atoms with van der Waals surface area (Å²) in [6, 6.07) is 13.5. The Morgan fingerprint density at radius 1 is 1.09 bits per heavy atom. The van der Waals surface area contributed by atoms with Gasteiger partial charge in [-0.3, -0.25) is 14.5 Å². The molecule has 0 aromatic heterocycles. The molecule has 168 valence electrons. The molecular formula is C25H28N2O3S2. The number of hydrogen-bond acceptors (Lipinski definition) is 5. The molecule has 0 spiro atoms. The third-order valence-electron chi connectivity index (χ3n) is 5.36. The van der Waals surface area contributed by atoms with Gasteiger partial charge in [0.05, 0.1) is 12.0 Å². The lowest BCUT2D eigenvalue weighted by Crippen LogP contribution is -2.29. The van der Waals surface area contributed by atoms with Crippen LogP contribution in [0.5, 0.6) is 5.75 Å². The molecule has 3 rings (SSSR count). The molecule has 0 unspecified atom stereocenters. The number of thiocarbonyl (C=S) groups is 1. The molecule has 1 heterocycles. The van der Waals surface area contributed by atoms with Crippen molar-refractivity contribution in [2.24, 2.45) is 0 Å². The minimum absolute atomic E-state index is 0.0151. The molecular weight excluding hydrogens is 440 g/mol. The number of nitrogens with zero attached hydrogens (tertiary/aromatic N) is 1. The van der Waals surface area contributed by atoms with E-state index in [4.69, 9.17) is 17.0 Å². The normalized spacial score (nSPS) is 14.8. The highest BCUT2D eigenvalue weighted by atomic mass is 32.2. The molecule has 0 radical (unpaired) electrons. The van der Waals surface area contributed by atoms with Crippen molar-refractivity contribution in [3.63, 3.8) is 0 Å². The van der Waals surface area contributed by atoms with Crippen LogP contribution in [0.25, 0.3) is 6.08 Å². The number of thioether (sulfide) groups is 1. The van der Waals surface area contributed by atoms with E-state index in [2.05, 4.69) is 5.32 Å². The summed E-state index contributed by atoms with van der Waals surface area (Å²) in [6.07, 6.45) is 4.75.